The molecule has 0 radical (unpaired) electrons. The molecule has 0 saturated heterocycles. The number of hydrogen-bond acceptors (Lipinski definition) is 5. The van der Waals surface area contributed by atoms with Gasteiger partial charge in [-0.05, 0) is 60.9 Å². The largest absolute Gasteiger partial charge is 0.487 e. The summed E-state index contributed by atoms with van der Waals surface area (Å²) < 4.78 is 32.5. The number of carbonyl (C=O) groups is 1. The fraction of sp³-hybridized carbons (Fsp3) is 0.231. The molecule has 4 aromatic rings. The molecular formula is C26H24FN3O4. The van der Waals surface area contributed by atoms with Gasteiger partial charge in [-0.15, -0.1) is 0 Å². The van der Waals surface area contributed by atoms with Gasteiger partial charge in [0.05, 0.1) is 12.3 Å². The quantitative estimate of drug-likeness (QED) is 0.447. The first-order valence-corrected chi connectivity index (χ1v) is 11.0. The van der Waals surface area contributed by atoms with E-state index in [0.717, 1.165) is 16.9 Å². The Balaban J connectivity index is 1.19. The summed E-state index contributed by atoms with van der Waals surface area (Å²) in [7, 11) is 0. The lowest BCUT2D eigenvalue weighted by Crippen LogP contribution is -2.26. The van der Waals surface area contributed by atoms with Crippen LogP contribution in [0.2, 0.25) is 0 Å². The minimum Gasteiger partial charge on any atom is -0.487 e. The van der Waals surface area contributed by atoms with E-state index in [4.69, 9.17) is 14.2 Å². The smallest absolute Gasteiger partial charge is 0.251 e. The number of aromatic nitrogens is 2. The molecule has 0 spiro atoms. The maximum absolute atomic E-state index is 13.9. The predicted octanol–water partition coefficient (Wildman–Crippen LogP) is 4.20. The number of aryl methyl sites for hydroxylation is 1. The number of nitrogens with one attached hydrogen (secondary N) is 1. The molecule has 1 amide bonds. The Morgan fingerprint density at radius 1 is 1.21 bits per heavy atom. The molecule has 0 fully saturated rings. The first kappa shape index (κ1) is 21.9. The van der Waals surface area contributed by atoms with Crippen LogP contribution in [0.4, 0.5) is 4.39 Å². The topological polar surface area (TPSA) is 74.1 Å². The summed E-state index contributed by atoms with van der Waals surface area (Å²) in [6.07, 6.45) is 4.38. The molecule has 0 unspecified atom stereocenters. The maximum Gasteiger partial charge on any atom is 0.251 e. The summed E-state index contributed by atoms with van der Waals surface area (Å²) in [4.78, 5) is 17.2. The molecule has 1 N–H and O–H groups in total. The highest BCUT2D eigenvalue weighted by atomic mass is 19.1. The van der Waals surface area contributed by atoms with Gasteiger partial charge in [0.1, 0.15) is 29.6 Å². The van der Waals surface area contributed by atoms with E-state index in [9.17, 15) is 9.18 Å². The van der Waals surface area contributed by atoms with Crippen LogP contribution in [0.1, 0.15) is 32.7 Å². The van der Waals surface area contributed by atoms with Crippen LogP contribution in [0.25, 0.3) is 5.65 Å². The Hall–Kier alpha value is -3.91. The first-order chi connectivity index (χ1) is 16.5. The fourth-order valence-electron chi connectivity index (χ4n) is 3.96. The summed E-state index contributed by atoms with van der Waals surface area (Å²) in [5.74, 6) is 0.635. The third kappa shape index (κ3) is 4.87. The summed E-state index contributed by atoms with van der Waals surface area (Å²) in [6.45, 7) is 3.11. The Morgan fingerprint density at radius 2 is 2.12 bits per heavy atom. The van der Waals surface area contributed by atoms with Crippen LogP contribution >= 0.6 is 0 Å². The number of carbonyl (C=O) groups excluding carboxylic acids is 1. The molecule has 3 heterocycles. The van der Waals surface area contributed by atoms with Crippen LogP contribution in [0.5, 0.6) is 11.5 Å². The number of amides is 1. The number of benzene rings is 2. The van der Waals surface area contributed by atoms with Crippen molar-refractivity contribution < 1.29 is 23.4 Å². The van der Waals surface area contributed by atoms with Gasteiger partial charge < -0.3 is 23.9 Å². The molecular weight excluding hydrogens is 437 g/mol. The fourth-order valence-corrected chi connectivity index (χ4v) is 3.96. The van der Waals surface area contributed by atoms with Gasteiger partial charge in [0.2, 0.25) is 0 Å². The van der Waals surface area contributed by atoms with Gasteiger partial charge in [0.15, 0.2) is 6.79 Å². The van der Waals surface area contributed by atoms with E-state index in [1.54, 1.807) is 24.3 Å². The lowest BCUT2D eigenvalue weighted by Gasteiger charge is -2.21. The van der Waals surface area contributed by atoms with Crippen LogP contribution in [-0.2, 0) is 24.4 Å². The summed E-state index contributed by atoms with van der Waals surface area (Å²) >= 11 is 0. The molecule has 1 aliphatic rings. The van der Waals surface area contributed by atoms with E-state index in [1.807, 2.05) is 35.9 Å². The number of pyridine rings is 1. The second kappa shape index (κ2) is 9.52. The molecule has 8 heteroatoms. The Morgan fingerprint density at radius 3 is 3.03 bits per heavy atom. The highest BCUT2D eigenvalue weighted by Gasteiger charge is 2.17. The zero-order valence-electron chi connectivity index (χ0n) is 18.7. The maximum atomic E-state index is 13.9. The van der Waals surface area contributed by atoms with E-state index in [-0.39, 0.29) is 18.5 Å². The number of ether oxygens (including phenoxy) is 3. The van der Waals surface area contributed by atoms with Crippen molar-refractivity contribution in [2.24, 2.45) is 0 Å². The minimum atomic E-state index is -0.347. The van der Waals surface area contributed by atoms with Crippen LogP contribution < -0.4 is 14.8 Å². The van der Waals surface area contributed by atoms with Gasteiger partial charge >= 0.3 is 0 Å². The van der Waals surface area contributed by atoms with E-state index in [2.05, 4.69) is 10.3 Å². The van der Waals surface area contributed by atoms with Gasteiger partial charge in [0.25, 0.3) is 5.91 Å². The molecule has 34 heavy (non-hydrogen) atoms. The molecule has 2 aromatic heterocycles. The van der Waals surface area contributed by atoms with Gasteiger partial charge in [-0.25, -0.2) is 9.37 Å². The van der Waals surface area contributed by atoms with Gasteiger partial charge in [-0.1, -0.05) is 12.1 Å². The molecule has 2 aromatic carbocycles. The Kier molecular flexibility index (Phi) is 6.14. The number of halogens is 1. The van der Waals surface area contributed by atoms with Crippen molar-refractivity contribution in [1.29, 1.82) is 0 Å². The van der Waals surface area contributed by atoms with Crippen molar-refractivity contribution in [3.63, 3.8) is 0 Å². The molecule has 0 aliphatic carbocycles. The van der Waals surface area contributed by atoms with Crippen LogP contribution in [-0.4, -0.2) is 28.6 Å². The number of nitrogens with zero attached hydrogens (tertiary/aromatic N) is 2. The molecule has 174 valence electrons. The zero-order valence-corrected chi connectivity index (χ0v) is 18.7. The first-order valence-electron chi connectivity index (χ1n) is 11.0. The molecule has 0 bridgehead atoms. The third-order valence-electron chi connectivity index (χ3n) is 5.56. The monoisotopic (exact) mass is 461 g/mol. The Labute approximate surface area is 196 Å². The normalized spacial score (nSPS) is 12.8. The molecule has 0 atom stereocenters. The predicted molar refractivity (Wildman–Crippen MR) is 123 cm³/mol. The SMILES string of the molecule is Cc1ccc2nc(COc3cccc(C(=O)NCCc4cc(F)cc5c4OCOC5)c3)cn2c1. The van der Waals surface area contributed by atoms with E-state index in [1.165, 1.54) is 12.1 Å². The highest BCUT2D eigenvalue weighted by molar-refractivity contribution is 5.94. The van der Waals surface area contributed by atoms with Crippen molar-refractivity contribution in [3.05, 3.63) is 94.7 Å². The lowest BCUT2D eigenvalue weighted by molar-refractivity contribution is -0.0172. The number of fused-ring (bicyclic) bond motifs is 2. The standard InChI is InChI=1S/C26H24FN3O4/c1-17-5-6-24-29-22(13-30(24)12-17)15-33-23-4-2-3-19(11-23)26(31)28-8-7-18-9-21(27)10-20-14-32-16-34-25(18)20/h2-6,9-13H,7-8,14-16H2,1H3,(H,28,31). The molecule has 5 rings (SSSR count). The summed E-state index contributed by atoms with van der Waals surface area (Å²) in [6, 6.07) is 13.8. The van der Waals surface area contributed by atoms with Crippen molar-refractivity contribution in [2.75, 3.05) is 13.3 Å². The average Bonchev–Trinajstić information content (AvgIpc) is 3.24. The van der Waals surface area contributed by atoms with Crippen molar-refractivity contribution in [3.8, 4) is 11.5 Å². The summed E-state index contributed by atoms with van der Waals surface area (Å²) in [5.41, 5.74) is 4.67. The number of rotatable bonds is 7. The van der Waals surface area contributed by atoms with Gasteiger partial charge in [0, 0.05) is 30.1 Å². The highest BCUT2D eigenvalue weighted by Crippen LogP contribution is 2.29. The second-order valence-corrected chi connectivity index (χ2v) is 8.19. The number of hydrogen-bond donors (Lipinski definition) is 1. The molecule has 0 saturated carbocycles. The number of imidazole rings is 1. The van der Waals surface area contributed by atoms with Crippen LogP contribution in [0, 0.1) is 12.7 Å². The third-order valence-corrected chi connectivity index (χ3v) is 5.56. The van der Waals surface area contributed by atoms with E-state index < -0.39 is 0 Å². The lowest BCUT2D eigenvalue weighted by atomic mass is 10.1. The van der Waals surface area contributed by atoms with Crippen molar-refractivity contribution in [1.82, 2.24) is 14.7 Å². The average molecular weight is 461 g/mol. The van der Waals surface area contributed by atoms with E-state index >= 15 is 0 Å². The zero-order chi connectivity index (χ0) is 23.5. The second-order valence-electron chi connectivity index (χ2n) is 8.19. The van der Waals surface area contributed by atoms with Crippen molar-refractivity contribution in [2.45, 2.75) is 26.6 Å². The minimum absolute atomic E-state index is 0.138. The molecule has 7 nitrogen and oxygen atoms in total. The van der Waals surface area contributed by atoms with Gasteiger partial charge in [-0.2, -0.15) is 0 Å². The van der Waals surface area contributed by atoms with E-state index in [0.29, 0.717) is 54.4 Å². The summed E-state index contributed by atoms with van der Waals surface area (Å²) in [5, 5.41) is 2.88. The Bertz CT molecular complexity index is 1350. The van der Waals surface area contributed by atoms with Gasteiger partial charge in [-0.3, -0.25) is 4.79 Å². The van der Waals surface area contributed by atoms with Crippen molar-refractivity contribution >= 4 is 11.6 Å². The van der Waals surface area contributed by atoms with Crippen LogP contribution in [0.15, 0.2) is 60.9 Å². The molecule has 1 aliphatic heterocycles. The van der Waals surface area contributed by atoms with Crippen LogP contribution in [0.3, 0.4) is 0 Å².